The quantitative estimate of drug-likeness (QED) is 0.0504. The van der Waals surface area contributed by atoms with Crippen LogP contribution in [0.1, 0.15) is 44.7 Å². The van der Waals surface area contributed by atoms with Crippen LogP contribution in [0.2, 0.25) is 0 Å². The Balaban J connectivity index is 2.20. The summed E-state index contributed by atoms with van der Waals surface area (Å²) in [5, 5.41) is 60.5. The molecule has 0 fully saturated rings. The van der Waals surface area contributed by atoms with Crippen molar-refractivity contribution >= 4 is 47.4 Å². The Morgan fingerprint density at radius 3 is 1.65 bits per heavy atom. The van der Waals surface area contributed by atoms with Crippen LogP contribution in [0.5, 0.6) is 5.75 Å². The molecular formula is C36H49N7O14. The number of hydrogen-bond donors (Lipinski definition) is 12. The highest BCUT2D eigenvalue weighted by Gasteiger charge is 2.36. The average molecular weight is 804 g/mol. The molecular weight excluding hydrogens is 754 g/mol. The Bertz CT molecular complexity index is 1720. The first-order chi connectivity index (χ1) is 26.7. The second kappa shape index (κ2) is 22.4. The standard InChI is InChI=1S/C36H49N7O14/c1-17(44)28(41-27(49)14-23(37)36(56)57-16-21-7-5-4-6-8-21)34(53)42-29(18(2)45)33(52)40-25(15-26(38)48)31(50)39-24(13-20-9-11-22(47)12-10-20)32(51)43-30(19(3)46)35(54)55/h4-12,17-19,23-25,28-30,44-47H,13-16,37H2,1-3H3,(H2,38,48)(H,39,50)(H,40,52)(H,41,49)(H,42,53)(H,43,51)(H,54,55)/t17-,18-,19-,23-,24+,25+,28+,29+,30+/m1/s1. The summed E-state index contributed by atoms with van der Waals surface area (Å²) in [5.74, 6) is -9.51. The minimum Gasteiger partial charge on any atom is -0.508 e. The van der Waals surface area contributed by atoms with Crippen LogP contribution in [-0.2, 0) is 56.1 Å². The minimum absolute atomic E-state index is 0.120. The van der Waals surface area contributed by atoms with E-state index in [-0.39, 0.29) is 18.8 Å². The van der Waals surface area contributed by atoms with E-state index < -0.39 is 115 Å². The van der Waals surface area contributed by atoms with E-state index in [1.807, 2.05) is 0 Å². The van der Waals surface area contributed by atoms with Gasteiger partial charge >= 0.3 is 11.9 Å². The second-order valence-corrected chi connectivity index (χ2v) is 13.1. The van der Waals surface area contributed by atoms with Gasteiger partial charge in [-0.1, -0.05) is 42.5 Å². The van der Waals surface area contributed by atoms with Crippen LogP contribution in [0, 0.1) is 0 Å². The summed E-state index contributed by atoms with van der Waals surface area (Å²) in [4.78, 5) is 102. The van der Waals surface area contributed by atoms with Crippen molar-refractivity contribution < 1.29 is 68.6 Å². The van der Waals surface area contributed by atoms with E-state index in [1.165, 1.54) is 24.3 Å². The van der Waals surface area contributed by atoms with Crippen LogP contribution >= 0.6 is 0 Å². The molecule has 57 heavy (non-hydrogen) atoms. The summed E-state index contributed by atoms with van der Waals surface area (Å²) in [7, 11) is 0. The minimum atomic E-state index is -1.90. The summed E-state index contributed by atoms with van der Waals surface area (Å²) in [6, 6.07) is 3.55. The number of aliphatic hydroxyl groups is 3. The summed E-state index contributed by atoms with van der Waals surface area (Å²) < 4.78 is 5.10. The number of carbonyl (C=O) groups excluding carboxylic acids is 7. The molecule has 0 heterocycles. The number of carbonyl (C=O) groups is 8. The first-order valence-corrected chi connectivity index (χ1v) is 17.5. The summed E-state index contributed by atoms with van der Waals surface area (Å²) in [6.45, 7) is 3.17. The first-order valence-electron chi connectivity index (χ1n) is 17.5. The Morgan fingerprint density at radius 2 is 1.12 bits per heavy atom. The molecule has 0 saturated heterocycles. The van der Waals surface area contributed by atoms with Crippen molar-refractivity contribution in [2.24, 2.45) is 11.5 Å². The second-order valence-electron chi connectivity index (χ2n) is 13.1. The predicted octanol–water partition coefficient (Wildman–Crippen LogP) is -4.08. The van der Waals surface area contributed by atoms with Crippen LogP contribution in [-0.4, -0.2) is 127 Å². The third kappa shape index (κ3) is 15.8. The smallest absolute Gasteiger partial charge is 0.328 e. The van der Waals surface area contributed by atoms with Crippen molar-refractivity contribution in [2.75, 3.05) is 0 Å². The molecule has 21 nitrogen and oxygen atoms in total. The zero-order chi connectivity index (χ0) is 43.0. The van der Waals surface area contributed by atoms with E-state index in [0.717, 1.165) is 20.8 Å². The number of carboxylic acid groups (broad SMARTS) is 1. The number of aliphatic hydroxyl groups excluding tert-OH is 3. The van der Waals surface area contributed by atoms with E-state index in [1.54, 1.807) is 30.3 Å². The lowest BCUT2D eigenvalue weighted by atomic mass is 10.0. The van der Waals surface area contributed by atoms with Crippen molar-refractivity contribution in [2.45, 2.75) is 101 Å². The number of esters is 1. The summed E-state index contributed by atoms with van der Waals surface area (Å²) in [5.41, 5.74) is 12.1. The van der Waals surface area contributed by atoms with Crippen molar-refractivity contribution in [3.63, 3.8) is 0 Å². The van der Waals surface area contributed by atoms with E-state index in [4.69, 9.17) is 16.2 Å². The van der Waals surface area contributed by atoms with Gasteiger partial charge in [-0.2, -0.15) is 0 Å². The fourth-order valence-corrected chi connectivity index (χ4v) is 5.07. The lowest BCUT2D eigenvalue weighted by Crippen LogP contribution is -2.62. The first kappa shape index (κ1) is 47.0. The number of phenols is 1. The molecule has 21 heteroatoms. The normalized spacial score (nSPS) is 15.7. The fraction of sp³-hybridized carbons (Fsp3) is 0.444. The van der Waals surface area contributed by atoms with Crippen LogP contribution in [0.4, 0.5) is 0 Å². The highest BCUT2D eigenvalue weighted by Crippen LogP contribution is 2.13. The number of hydrogen-bond acceptors (Lipinski definition) is 14. The molecule has 14 N–H and O–H groups in total. The number of nitrogens with one attached hydrogen (secondary N) is 5. The molecule has 0 radical (unpaired) electrons. The van der Waals surface area contributed by atoms with Gasteiger partial charge in [-0.25, -0.2) is 4.79 Å². The van der Waals surface area contributed by atoms with E-state index in [2.05, 4.69) is 26.6 Å². The molecule has 0 saturated carbocycles. The number of carboxylic acids is 1. The Morgan fingerprint density at radius 1 is 0.632 bits per heavy atom. The highest BCUT2D eigenvalue weighted by atomic mass is 16.5. The maximum Gasteiger partial charge on any atom is 0.328 e. The van der Waals surface area contributed by atoms with Gasteiger partial charge in [0.2, 0.25) is 35.4 Å². The third-order valence-electron chi connectivity index (χ3n) is 8.17. The lowest BCUT2D eigenvalue weighted by Gasteiger charge is -2.28. The maximum absolute atomic E-state index is 13.5. The number of aliphatic carboxylic acids is 1. The van der Waals surface area contributed by atoms with Crippen molar-refractivity contribution in [1.82, 2.24) is 26.6 Å². The third-order valence-corrected chi connectivity index (χ3v) is 8.17. The van der Waals surface area contributed by atoms with Crippen LogP contribution in [0.25, 0.3) is 0 Å². The molecule has 0 spiro atoms. The topological polar surface area (TPSA) is 359 Å². The number of primary amides is 1. The zero-order valence-corrected chi connectivity index (χ0v) is 31.3. The van der Waals surface area contributed by atoms with Gasteiger partial charge in [-0.05, 0) is 44.0 Å². The zero-order valence-electron chi connectivity index (χ0n) is 31.3. The molecule has 0 aromatic heterocycles. The molecule has 2 aromatic rings. The fourth-order valence-electron chi connectivity index (χ4n) is 5.07. The SMILES string of the molecule is C[C@@H](O)[C@H](NC(=O)[C@H](Cc1ccc(O)cc1)NC(=O)[C@H](CC(N)=O)NC(=O)[C@@H](NC(=O)[C@@H](NC(=O)C[C@@H](N)C(=O)OCc1ccccc1)[C@@H](C)O)[C@@H](C)O)C(=O)O. The van der Waals surface area contributed by atoms with Crippen LogP contribution in [0.15, 0.2) is 54.6 Å². The van der Waals surface area contributed by atoms with E-state index in [9.17, 15) is 63.9 Å². The molecule has 0 aliphatic carbocycles. The predicted molar refractivity (Wildman–Crippen MR) is 197 cm³/mol. The van der Waals surface area contributed by atoms with Crippen LogP contribution in [0.3, 0.4) is 0 Å². The van der Waals surface area contributed by atoms with Crippen molar-refractivity contribution in [3.8, 4) is 5.75 Å². The summed E-state index contributed by atoms with van der Waals surface area (Å²) >= 11 is 0. The molecule has 2 rings (SSSR count). The Kier molecular flexibility index (Phi) is 18.5. The van der Waals surface area contributed by atoms with E-state index >= 15 is 0 Å². The van der Waals surface area contributed by atoms with Gasteiger partial charge in [0.1, 0.15) is 42.6 Å². The summed E-state index contributed by atoms with van der Waals surface area (Å²) in [6.07, 6.45) is -6.74. The number of rotatable bonds is 22. The number of amides is 6. The molecule has 0 aliphatic rings. The number of aromatic hydroxyl groups is 1. The molecule has 0 bridgehead atoms. The molecule has 0 aliphatic heterocycles. The molecule has 312 valence electrons. The van der Waals surface area contributed by atoms with Gasteiger partial charge in [0.25, 0.3) is 0 Å². The molecule has 2 aromatic carbocycles. The van der Waals surface area contributed by atoms with Crippen molar-refractivity contribution in [1.29, 1.82) is 0 Å². The van der Waals surface area contributed by atoms with Crippen molar-refractivity contribution in [3.05, 3.63) is 65.7 Å². The Hall–Kier alpha value is -6.16. The molecule has 0 unspecified atom stereocenters. The van der Waals surface area contributed by atoms with E-state index in [0.29, 0.717) is 11.1 Å². The Labute approximate surface area is 326 Å². The molecule has 9 atom stereocenters. The highest BCUT2D eigenvalue weighted by molar-refractivity contribution is 5.98. The van der Waals surface area contributed by atoms with Gasteiger partial charge in [-0.3, -0.25) is 33.6 Å². The number of ether oxygens (including phenoxy) is 1. The van der Waals surface area contributed by atoms with Gasteiger partial charge < -0.3 is 68.3 Å². The van der Waals surface area contributed by atoms with Gasteiger partial charge in [0.05, 0.1) is 31.2 Å². The maximum atomic E-state index is 13.5. The largest absolute Gasteiger partial charge is 0.508 e. The average Bonchev–Trinajstić information content (AvgIpc) is 3.13. The lowest BCUT2D eigenvalue weighted by molar-refractivity contribution is -0.148. The monoisotopic (exact) mass is 803 g/mol. The van der Waals surface area contributed by atoms with Gasteiger partial charge in [0.15, 0.2) is 6.04 Å². The molecule has 6 amide bonds. The number of phenolic OH excluding ortho intramolecular Hbond substituents is 1. The number of benzene rings is 2. The van der Waals surface area contributed by atoms with Crippen LogP contribution < -0.4 is 38.1 Å². The number of nitrogens with two attached hydrogens (primary N) is 2. The van der Waals surface area contributed by atoms with Gasteiger partial charge in [-0.15, -0.1) is 0 Å². The van der Waals surface area contributed by atoms with Gasteiger partial charge in [0, 0.05) is 6.42 Å².